The van der Waals surface area contributed by atoms with E-state index in [1.165, 1.54) is 0 Å². The maximum absolute atomic E-state index is 12.8. The van der Waals surface area contributed by atoms with Crippen LogP contribution < -0.4 is 33.2 Å². The van der Waals surface area contributed by atoms with E-state index in [0.717, 1.165) is 6.92 Å². The fourth-order valence-electron chi connectivity index (χ4n) is 2.59. The van der Waals surface area contributed by atoms with E-state index in [0.29, 0.717) is 0 Å². The summed E-state index contributed by atoms with van der Waals surface area (Å²) in [4.78, 5) is 81.7. The normalized spacial score (nSPS) is 15.0. The van der Waals surface area contributed by atoms with Gasteiger partial charge in [0.2, 0.25) is 29.5 Å². The molecule has 16 heteroatoms. The summed E-state index contributed by atoms with van der Waals surface area (Å²) in [6.45, 7) is 1.10. The van der Waals surface area contributed by atoms with Crippen LogP contribution in [0.4, 0.5) is 0 Å². The summed E-state index contributed by atoms with van der Waals surface area (Å²) in [5.74, 6) is -7.76. The zero-order chi connectivity index (χ0) is 26.6. The molecule has 0 radical (unpaired) electrons. The number of carbonyl (C=O) groups excluding carboxylic acids is 5. The molecule has 0 saturated carbocycles. The Kier molecular flexibility index (Phi) is 12.8. The number of nitrogens with one attached hydrogen (secondary N) is 3. The van der Waals surface area contributed by atoms with Gasteiger partial charge in [-0.1, -0.05) is 0 Å². The first-order valence-corrected chi connectivity index (χ1v) is 10.0. The molecule has 0 rings (SSSR count). The van der Waals surface area contributed by atoms with Crippen LogP contribution in [-0.2, 0) is 33.6 Å². The molecule has 5 atom stereocenters. The van der Waals surface area contributed by atoms with E-state index in [2.05, 4.69) is 10.6 Å². The molecule has 16 nitrogen and oxygen atoms in total. The van der Waals surface area contributed by atoms with Gasteiger partial charge in [0.15, 0.2) is 6.04 Å². The second-order valence-corrected chi connectivity index (χ2v) is 7.40. The van der Waals surface area contributed by atoms with Crippen LogP contribution in [0.2, 0.25) is 0 Å². The van der Waals surface area contributed by atoms with Crippen molar-refractivity contribution in [3.8, 4) is 0 Å². The number of hydrogen-bond donors (Lipinski definition) is 9. The lowest BCUT2D eigenvalue weighted by molar-refractivity contribution is -0.145. The first-order chi connectivity index (χ1) is 15.6. The van der Waals surface area contributed by atoms with Crippen LogP contribution in [0, 0.1) is 0 Å². The van der Waals surface area contributed by atoms with E-state index in [1.54, 1.807) is 0 Å². The van der Waals surface area contributed by atoms with Gasteiger partial charge in [-0.3, -0.25) is 28.8 Å². The number of aliphatic carboxylic acids is 2. The third-order valence-electron chi connectivity index (χ3n) is 4.40. The summed E-state index contributed by atoms with van der Waals surface area (Å²) in [5.41, 5.74) is 15.6. The van der Waals surface area contributed by atoms with E-state index in [4.69, 9.17) is 27.4 Å². The van der Waals surface area contributed by atoms with Crippen molar-refractivity contribution in [1.82, 2.24) is 16.0 Å². The summed E-state index contributed by atoms with van der Waals surface area (Å²) < 4.78 is 0. The quantitative estimate of drug-likeness (QED) is 0.0988. The largest absolute Gasteiger partial charge is 0.481 e. The highest BCUT2D eigenvalue weighted by Crippen LogP contribution is 2.05. The molecule has 34 heavy (non-hydrogen) atoms. The first-order valence-electron chi connectivity index (χ1n) is 10.0. The van der Waals surface area contributed by atoms with Gasteiger partial charge in [0.05, 0.1) is 18.6 Å². The van der Waals surface area contributed by atoms with Crippen molar-refractivity contribution in [2.75, 3.05) is 0 Å². The number of nitrogens with two attached hydrogens (primary N) is 3. The van der Waals surface area contributed by atoms with Crippen molar-refractivity contribution in [3.63, 3.8) is 0 Å². The molecule has 5 amide bonds. The van der Waals surface area contributed by atoms with Gasteiger partial charge in [-0.2, -0.15) is 0 Å². The molecular weight excluding hydrogens is 460 g/mol. The number of carbonyl (C=O) groups is 7. The Hall–Kier alpha value is -3.79. The van der Waals surface area contributed by atoms with Crippen molar-refractivity contribution in [2.45, 2.75) is 69.3 Å². The first kappa shape index (κ1) is 30.2. The lowest BCUT2D eigenvalue weighted by Gasteiger charge is -2.25. The highest BCUT2D eigenvalue weighted by Gasteiger charge is 2.32. The van der Waals surface area contributed by atoms with Gasteiger partial charge in [-0.05, 0) is 19.8 Å². The predicted molar refractivity (Wildman–Crippen MR) is 112 cm³/mol. The number of hydrogen-bond acceptors (Lipinski definition) is 9. The Bertz CT molecular complexity index is 802. The van der Waals surface area contributed by atoms with Gasteiger partial charge in [-0.25, -0.2) is 4.79 Å². The van der Waals surface area contributed by atoms with E-state index in [-0.39, 0.29) is 19.3 Å². The molecule has 12 N–H and O–H groups in total. The average Bonchev–Trinajstić information content (AvgIpc) is 2.70. The fourth-order valence-corrected chi connectivity index (χ4v) is 2.59. The van der Waals surface area contributed by atoms with Gasteiger partial charge in [-0.15, -0.1) is 0 Å². The summed E-state index contributed by atoms with van der Waals surface area (Å²) >= 11 is 0. The minimum absolute atomic E-state index is 0.345. The van der Waals surface area contributed by atoms with E-state index in [1.807, 2.05) is 5.32 Å². The standard InChI is InChI=1S/C18H30N6O10/c1-7(25)14(18(33)34)24-17(32)10(3-5-12(21)27)23-16(31)9(2-4-11(20)26)22-15(30)8(19)6-13(28)29/h7-10,14,25H,2-6,19H2,1H3,(H2,20,26)(H2,21,27)(H,22,30)(H,23,31)(H,24,32)(H,28,29)(H,33,34). The summed E-state index contributed by atoms with van der Waals surface area (Å²) in [6.07, 6.45) is -3.75. The minimum Gasteiger partial charge on any atom is -0.481 e. The minimum atomic E-state index is -1.74. The third-order valence-corrected chi connectivity index (χ3v) is 4.40. The molecule has 0 saturated heterocycles. The molecule has 0 spiro atoms. The lowest BCUT2D eigenvalue weighted by Crippen LogP contribution is -2.58. The summed E-state index contributed by atoms with van der Waals surface area (Å²) in [5, 5.41) is 33.8. The van der Waals surface area contributed by atoms with Crippen LogP contribution >= 0.6 is 0 Å². The highest BCUT2D eigenvalue weighted by atomic mass is 16.4. The average molecular weight is 490 g/mol. The Balaban J connectivity index is 5.64. The molecule has 0 bridgehead atoms. The number of aliphatic hydroxyl groups is 1. The smallest absolute Gasteiger partial charge is 0.328 e. The van der Waals surface area contributed by atoms with Crippen molar-refractivity contribution in [3.05, 3.63) is 0 Å². The highest BCUT2D eigenvalue weighted by molar-refractivity contribution is 5.95. The number of rotatable bonds is 16. The van der Waals surface area contributed by atoms with Gasteiger partial charge >= 0.3 is 11.9 Å². The van der Waals surface area contributed by atoms with Gasteiger partial charge < -0.3 is 48.5 Å². The van der Waals surface area contributed by atoms with Crippen LogP contribution in [0.5, 0.6) is 0 Å². The van der Waals surface area contributed by atoms with E-state index < -0.39 is 84.6 Å². The van der Waals surface area contributed by atoms with Crippen molar-refractivity contribution < 1.29 is 48.9 Å². The van der Waals surface area contributed by atoms with Gasteiger partial charge in [0.1, 0.15) is 12.1 Å². The Labute approximate surface area is 193 Å². The maximum Gasteiger partial charge on any atom is 0.328 e. The number of primary amides is 2. The third kappa shape index (κ3) is 11.7. The van der Waals surface area contributed by atoms with Crippen LogP contribution in [-0.4, -0.2) is 87.1 Å². The Morgan fingerprint density at radius 2 is 1.18 bits per heavy atom. The number of amides is 5. The second kappa shape index (κ2) is 14.4. The molecule has 0 aliphatic heterocycles. The number of carboxylic acids is 2. The summed E-state index contributed by atoms with van der Waals surface area (Å²) in [6, 6.07) is -6.28. The van der Waals surface area contributed by atoms with Crippen LogP contribution in [0.3, 0.4) is 0 Å². The second-order valence-electron chi connectivity index (χ2n) is 7.40. The predicted octanol–water partition coefficient (Wildman–Crippen LogP) is -4.76. The number of carboxylic acid groups (broad SMARTS) is 2. The molecule has 0 aromatic carbocycles. The molecule has 0 fully saturated rings. The van der Waals surface area contributed by atoms with Gasteiger partial charge in [0, 0.05) is 12.8 Å². The van der Waals surface area contributed by atoms with Crippen molar-refractivity contribution in [2.24, 2.45) is 17.2 Å². The molecule has 0 aromatic heterocycles. The zero-order valence-electron chi connectivity index (χ0n) is 18.4. The monoisotopic (exact) mass is 490 g/mol. The van der Waals surface area contributed by atoms with Crippen LogP contribution in [0.25, 0.3) is 0 Å². The topological polar surface area (TPSA) is 294 Å². The molecule has 0 aliphatic rings. The lowest BCUT2D eigenvalue weighted by atomic mass is 10.1. The van der Waals surface area contributed by atoms with Gasteiger partial charge in [0.25, 0.3) is 0 Å². The fraction of sp³-hybridized carbons (Fsp3) is 0.611. The van der Waals surface area contributed by atoms with Crippen molar-refractivity contribution >= 4 is 41.5 Å². The maximum atomic E-state index is 12.8. The molecule has 5 unspecified atom stereocenters. The van der Waals surface area contributed by atoms with Crippen LogP contribution in [0.15, 0.2) is 0 Å². The molecule has 0 heterocycles. The zero-order valence-corrected chi connectivity index (χ0v) is 18.4. The SMILES string of the molecule is CC(O)C(NC(=O)C(CCC(N)=O)NC(=O)C(CCC(N)=O)NC(=O)C(N)CC(=O)O)C(=O)O. The molecule has 0 aliphatic carbocycles. The van der Waals surface area contributed by atoms with Crippen molar-refractivity contribution in [1.29, 1.82) is 0 Å². The molecular formula is C18H30N6O10. The number of aliphatic hydroxyl groups excluding tert-OH is 1. The van der Waals surface area contributed by atoms with E-state index >= 15 is 0 Å². The van der Waals surface area contributed by atoms with E-state index in [9.17, 15) is 38.7 Å². The Morgan fingerprint density at radius 3 is 1.53 bits per heavy atom. The van der Waals surface area contributed by atoms with Crippen LogP contribution in [0.1, 0.15) is 39.0 Å². The molecule has 192 valence electrons. The summed E-state index contributed by atoms with van der Waals surface area (Å²) in [7, 11) is 0. The Morgan fingerprint density at radius 1 is 0.765 bits per heavy atom. The molecule has 0 aromatic rings.